The van der Waals surface area contributed by atoms with Crippen LogP contribution in [-0.2, 0) is 0 Å². The van der Waals surface area contributed by atoms with Gasteiger partial charge in [0.15, 0.2) is 0 Å². The molecule has 16 heavy (non-hydrogen) atoms. The van der Waals surface area contributed by atoms with Crippen molar-refractivity contribution in [3.05, 3.63) is 42.2 Å². The second-order valence-electron chi connectivity index (χ2n) is 4.33. The predicted molar refractivity (Wildman–Crippen MR) is 64.9 cm³/mol. The molecule has 0 unspecified atom stereocenters. The maximum absolute atomic E-state index is 4.52. The Morgan fingerprint density at radius 1 is 1.25 bits per heavy atom. The summed E-state index contributed by atoms with van der Waals surface area (Å²) in [6.07, 6.45) is 4.60. The minimum absolute atomic E-state index is 0.629. The minimum atomic E-state index is 0.629. The van der Waals surface area contributed by atoms with E-state index < -0.39 is 0 Å². The highest BCUT2D eigenvalue weighted by molar-refractivity contribution is 5.44. The van der Waals surface area contributed by atoms with Crippen LogP contribution in [-0.4, -0.2) is 15.6 Å². The van der Waals surface area contributed by atoms with Crippen LogP contribution < -0.4 is 5.32 Å². The van der Waals surface area contributed by atoms with Gasteiger partial charge in [0, 0.05) is 17.9 Å². The van der Waals surface area contributed by atoms with Crippen LogP contribution in [0, 0.1) is 6.92 Å². The fraction of sp³-hybridized carbons (Fsp3) is 0.308. The number of rotatable bonds is 3. The third-order valence-corrected chi connectivity index (χ3v) is 2.77. The zero-order valence-electron chi connectivity index (χ0n) is 9.35. The molecule has 1 aliphatic carbocycles. The van der Waals surface area contributed by atoms with E-state index in [2.05, 4.69) is 33.2 Å². The summed E-state index contributed by atoms with van der Waals surface area (Å²) in [6, 6.07) is 10.9. The van der Waals surface area contributed by atoms with Gasteiger partial charge in [-0.1, -0.05) is 18.2 Å². The zero-order valence-corrected chi connectivity index (χ0v) is 9.35. The summed E-state index contributed by atoms with van der Waals surface area (Å²) in [5.74, 6) is 0.964. The first kappa shape index (κ1) is 9.46. The van der Waals surface area contributed by atoms with Crippen molar-refractivity contribution >= 4 is 5.95 Å². The number of para-hydroxylation sites is 1. The Hall–Kier alpha value is -1.77. The fourth-order valence-corrected chi connectivity index (χ4v) is 1.80. The topological polar surface area (TPSA) is 29.9 Å². The molecule has 0 amide bonds. The predicted octanol–water partition coefficient (Wildman–Crippen LogP) is 2.76. The van der Waals surface area contributed by atoms with E-state index in [4.69, 9.17) is 0 Å². The Morgan fingerprint density at radius 2 is 2.00 bits per heavy atom. The van der Waals surface area contributed by atoms with E-state index in [9.17, 15) is 0 Å². The molecule has 3 heteroatoms. The molecule has 0 atom stereocenters. The van der Waals surface area contributed by atoms with Crippen molar-refractivity contribution in [1.29, 1.82) is 0 Å². The summed E-state index contributed by atoms with van der Waals surface area (Å²) < 4.78 is 2.12. The second kappa shape index (κ2) is 3.67. The van der Waals surface area contributed by atoms with Gasteiger partial charge in [0.05, 0.1) is 5.69 Å². The molecule has 2 aromatic rings. The lowest BCUT2D eigenvalue weighted by atomic mass is 10.3. The Bertz CT molecular complexity index is 483. The molecule has 1 aromatic heterocycles. The van der Waals surface area contributed by atoms with Crippen molar-refractivity contribution in [2.75, 3.05) is 5.32 Å². The van der Waals surface area contributed by atoms with Crippen LogP contribution in [0.2, 0.25) is 0 Å². The summed E-state index contributed by atoms with van der Waals surface area (Å²) in [4.78, 5) is 4.52. The highest BCUT2D eigenvalue weighted by Gasteiger charge is 2.23. The monoisotopic (exact) mass is 213 g/mol. The maximum Gasteiger partial charge on any atom is 0.207 e. The highest BCUT2D eigenvalue weighted by atomic mass is 15.2. The van der Waals surface area contributed by atoms with Gasteiger partial charge >= 0.3 is 0 Å². The molecule has 0 spiro atoms. The van der Waals surface area contributed by atoms with E-state index in [1.165, 1.54) is 12.8 Å². The third-order valence-electron chi connectivity index (χ3n) is 2.77. The van der Waals surface area contributed by atoms with E-state index in [0.29, 0.717) is 6.04 Å². The number of aromatic nitrogens is 2. The van der Waals surface area contributed by atoms with Gasteiger partial charge in [-0.15, -0.1) is 0 Å². The van der Waals surface area contributed by atoms with Crippen LogP contribution in [0.15, 0.2) is 36.5 Å². The number of anilines is 1. The lowest BCUT2D eigenvalue weighted by Crippen LogP contribution is -2.07. The first-order valence-corrected chi connectivity index (χ1v) is 5.71. The van der Waals surface area contributed by atoms with E-state index in [1.807, 2.05) is 25.1 Å². The SMILES string of the molecule is Cc1cn(-c2ccccc2)c(NC2CC2)n1. The number of benzene rings is 1. The average Bonchev–Trinajstić information content (AvgIpc) is 3.03. The van der Waals surface area contributed by atoms with Crippen molar-refractivity contribution in [2.45, 2.75) is 25.8 Å². The summed E-state index contributed by atoms with van der Waals surface area (Å²) in [6.45, 7) is 2.03. The normalized spacial score (nSPS) is 15.1. The van der Waals surface area contributed by atoms with Gasteiger partial charge in [-0.2, -0.15) is 0 Å². The zero-order chi connectivity index (χ0) is 11.0. The summed E-state index contributed by atoms with van der Waals surface area (Å²) >= 11 is 0. The Morgan fingerprint density at radius 3 is 2.69 bits per heavy atom. The van der Waals surface area contributed by atoms with Crippen LogP contribution in [0.3, 0.4) is 0 Å². The van der Waals surface area contributed by atoms with Crippen molar-refractivity contribution in [3.8, 4) is 5.69 Å². The molecule has 0 radical (unpaired) electrons. The molecule has 1 saturated carbocycles. The number of imidazole rings is 1. The van der Waals surface area contributed by atoms with Gasteiger partial charge in [-0.05, 0) is 31.9 Å². The molecule has 0 saturated heterocycles. The fourth-order valence-electron chi connectivity index (χ4n) is 1.80. The number of aryl methyl sites for hydroxylation is 1. The van der Waals surface area contributed by atoms with Gasteiger partial charge in [0.25, 0.3) is 0 Å². The number of nitrogens with zero attached hydrogens (tertiary/aromatic N) is 2. The number of hydrogen-bond acceptors (Lipinski definition) is 2. The van der Waals surface area contributed by atoms with E-state index in [-0.39, 0.29) is 0 Å². The average molecular weight is 213 g/mol. The lowest BCUT2D eigenvalue weighted by molar-refractivity contribution is 1.00. The van der Waals surface area contributed by atoms with Crippen molar-refractivity contribution in [2.24, 2.45) is 0 Å². The molecular formula is C13H15N3. The summed E-state index contributed by atoms with van der Waals surface area (Å²) in [5.41, 5.74) is 2.21. The van der Waals surface area contributed by atoms with Crippen LogP contribution in [0.4, 0.5) is 5.95 Å². The Kier molecular flexibility index (Phi) is 2.17. The molecule has 1 aliphatic rings. The van der Waals surface area contributed by atoms with Crippen LogP contribution in [0.25, 0.3) is 5.69 Å². The van der Waals surface area contributed by atoms with Gasteiger partial charge in [0.1, 0.15) is 0 Å². The molecule has 1 N–H and O–H groups in total. The molecular weight excluding hydrogens is 198 g/mol. The maximum atomic E-state index is 4.52. The minimum Gasteiger partial charge on any atom is -0.353 e. The van der Waals surface area contributed by atoms with Gasteiger partial charge in [0.2, 0.25) is 5.95 Å². The lowest BCUT2D eigenvalue weighted by Gasteiger charge is -2.08. The molecule has 0 aliphatic heterocycles. The molecule has 3 nitrogen and oxygen atoms in total. The van der Waals surface area contributed by atoms with Gasteiger partial charge < -0.3 is 5.32 Å². The summed E-state index contributed by atoms with van der Waals surface area (Å²) in [5, 5.41) is 3.46. The Balaban J connectivity index is 1.98. The number of nitrogens with one attached hydrogen (secondary N) is 1. The third kappa shape index (κ3) is 1.81. The first-order valence-electron chi connectivity index (χ1n) is 5.71. The molecule has 3 rings (SSSR count). The smallest absolute Gasteiger partial charge is 0.207 e. The van der Waals surface area contributed by atoms with E-state index in [0.717, 1.165) is 17.3 Å². The number of hydrogen-bond donors (Lipinski definition) is 1. The van der Waals surface area contributed by atoms with E-state index >= 15 is 0 Å². The van der Waals surface area contributed by atoms with E-state index in [1.54, 1.807) is 0 Å². The van der Waals surface area contributed by atoms with Crippen LogP contribution in [0.5, 0.6) is 0 Å². The van der Waals surface area contributed by atoms with Gasteiger partial charge in [-0.3, -0.25) is 4.57 Å². The van der Waals surface area contributed by atoms with Gasteiger partial charge in [-0.25, -0.2) is 4.98 Å². The second-order valence-corrected chi connectivity index (χ2v) is 4.33. The largest absolute Gasteiger partial charge is 0.353 e. The van der Waals surface area contributed by atoms with Crippen molar-refractivity contribution in [1.82, 2.24) is 9.55 Å². The molecule has 0 bridgehead atoms. The highest BCUT2D eigenvalue weighted by Crippen LogP contribution is 2.25. The quantitative estimate of drug-likeness (QED) is 0.849. The Labute approximate surface area is 95.1 Å². The summed E-state index contributed by atoms with van der Waals surface area (Å²) in [7, 11) is 0. The van der Waals surface area contributed by atoms with Crippen LogP contribution in [0.1, 0.15) is 18.5 Å². The van der Waals surface area contributed by atoms with Crippen LogP contribution >= 0.6 is 0 Å². The molecule has 1 fully saturated rings. The van der Waals surface area contributed by atoms with Crippen molar-refractivity contribution in [3.63, 3.8) is 0 Å². The molecule has 82 valence electrons. The standard InChI is InChI=1S/C13H15N3/c1-10-9-16(12-5-3-2-4-6-12)13(14-10)15-11-7-8-11/h2-6,9,11H,7-8H2,1H3,(H,14,15). The first-order chi connectivity index (χ1) is 7.83. The molecule has 1 heterocycles. The molecule has 1 aromatic carbocycles. The van der Waals surface area contributed by atoms with Crippen molar-refractivity contribution < 1.29 is 0 Å².